The van der Waals surface area contributed by atoms with E-state index in [1.54, 1.807) is 4.68 Å². The number of aliphatic hydroxyl groups excluding tert-OH is 1. The normalized spacial score (nSPS) is 10.6. The molecule has 0 bridgehead atoms. The fourth-order valence-electron chi connectivity index (χ4n) is 2.10. The quantitative estimate of drug-likeness (QED) is 0.761. The molecular weight excluding hydrogens is 268 g/mol. The number of hydrogen-bond acceptors (Lipinski definition) is 4. The Morgan fingerprint density at radius 1 is 1.38 bits per heavy atom. The molecule has 2 rings (SSSR count). The molecule has 0 fully saturated rings. The van der Waals surface area contributed by atoms with E-state index in [0.29, 0.717) is 12.2 Å². The number of aryl methyl sites for hydroxylation is 1. The molecule has 0 saturated heterocycles. The second kappa shape index (κ2) is 6.41. The minimum atomic E-state index is -0.130. The van der Waals surface area contributed by atoms with Crippen LogP contribution in [0.3, 0.4) is 0 Å². The molecule has 1 heterocycles. The van der Waals surface area contributed by atoms with Crippen LogP contribution in [-0.2, 0) is 24.5 Å². The number of rotatable bonds is 5. The van der Waals surface area contributed by atoms with Gasteiger partial charge in [0.05, 0.1) is 23.7 Å². The topological polar surface area (TPSA) is 93.2 Å². The molecule has 1 amide bonds. The van der Waals surface area contributed by atoms with Crippen LogP contribution >= 0.6 is 0 Å². The van der Waals surface area contributed by atoms with Crippen LogP contribution in [0.1, 0.15) is 22.5 Å². The summed E-state index contributed by atoms with van der Waals surface area (Å²) in [6.07, 6.45) is 0. The van der Waals surface area contributed by atoms with E-state index in [0.717, 1.165) is 22.5 Å². The highest BCUT2D eigenvalue weighted by atomic mass is 16.3. The van der Waals surface area contributed by atoms with E-state index in [9.17, 15) is 4.79 Å². The van der Waals surface area contributed by atoms with E-state index in [1.807, 2.05) is 38.1 Å². The molecule has 2 aromatic rings. The number of nitrogens with one attached hydrogen (secondary N) is 1. The largest absolute Gasteiger partial charge is 0.396 e. The summed E-state index contributed by atoms with van der Waals surface area (Å²) < 4.78 is 1.60. The maximum atomic E-state index is 12.0. The van der Waals surface area contributed by atoms with Crippen molar-refractivity contribution in [2.24, 2.45) is 0 Å². The van der Waals surface area contributed by atoms with E-state index in [1.165, 1.54) is 0 Å². The molecule has 1 aromatic carbocycles. The Balaban J connectivity index is 1.94. The summed E-state index contributed by atoms with van der Waals surface area (Å²) in [4.78, 5) is 12.0. The number of aliphatic hydroxyl groups is 1. The molecule has 4 N–H and O–H groups in total. The Morgan fingerprint density at radius 3 is 2.71 bits per heavy atom. The molecule has 0 aliphatic rings. The van der Waals surface area contributed by atoms with Gasteiger partial charge in [-0.1, -0.05) is 24.3 Å². The zero-order valence-electron chi connectivity index (χ0n) is 12.3. The number of benzene rings is 1. The minimum absolute atomic E-state index is 0.00712. The van der Waals surface area contributed by atoms with E-state index >= 15 is 0 Å². The van der Waals surface area contributed by atoms with Crippen molar-refractivity contribution >= 4 is 11.6 Å². The zero-order valence-corrected chi connectivity index (χ0v) is 12.3. The van der Waals surface area contributed by atoms with Gasteiger partial charge in [0.1, 0.15) is 6.54 Å². The van der Waals surface area contributed by atoms with E-state index in [-0.39, 0.29) is 19.1 Å². The first-order valence-electron chi connectivity index (χ1n) is 6.76. The maximum Gasteiger partial charge on any atom is 0.242 e. The molecule has 0 aliphatic heterocycles. The molecule has 21 heavy (non-hydrogen) atoms. The van der Waals surface area contributed by atoms with Gasteiger partial charge in [-0.3, -0.25) is 9.48 Å². The van der Waals surface area contributed by atoms with Crippen LogP contribution < -0.4 is 11.1 Å². The summed E-state index contributed by atoms with van der Waals surface area (Å²) in [6.45, 7) is 4.21. The number of nitrogens with two attached hydrogens (primary N) is 1. The molecule has 0 atom stereocenters. The lowest BCUT2D eigenvalue weighted by Gasteiger charge is -2.08. The van der Waals surface area contributed by atoms with Crippen molar-refractivity contribution in [2.45, 2.75) is 33.5 Å². The van der Waals surface area contributed by atoms with Crippen molar-refractivity contribution in [3.63, 3.8) is 0 Å². The number of hydrogen-bond donors (Lipinski definition) is 3. The van der Waals surface area contributed by atoms with Crippen LogP contribution in [0.5, 0.6) is 0 Å². The number of amides is 1. The Kier molecular flexibility index (Phi) is 4.59. The molecular formula is C15H20N4O2. The number of nitrogens with zero attached hydrogens (tertiary/aromatic N) is 2. The van der Waals surface area contributed by atoms with Crippen molar-refractivity contribution in [3.8, 4) is 0 Å². The molecule has 0 saturated carbocycles. The molecule has 0 spiro atoms. The van der Waals surface area contributed by atoms with Crippen molar-refractivity contribution in [1.82, 2.24) is 15.1 Å². The Hall–Kier alpha value is -2.34. The van der Waals surface area contributed by atoms with Gasteiger partial charge in [0, 0.05) is 6.54 Å². The lowest BCUT2D eigenvalue weighted by Crippen LogP contribution is -2.28. The standard InChI is InChI=1S/C15H20N4O2/c1-10-15(16)11(2)19(18-10)8-14(21)17-7-12-4-3-5-13(6-12)9-20/h3-6,20H,7-9,16H2,1-2H3,(H,17,21). The number of nitrogen functional groups attached to an aromatic ring is 1. The summed E-state index contributed by atoms with van der Waals surface area (Å²) in [5, 5.41) is 16.1. The Labute approximate surface area is 123 Å². The minimum Gasteiger partial charge on any atom is -0.396 e. The van der Waals surface area contributed by atoms with Crippen molar-refractivity contribution < 1.29 is 9.90 Å². The summed E-state index contributed by atoms with van der Waals surface area (Å²) in [6, 6.07) is 7.46. The summed E-state index contributed by atoms with van der Waals surface area (Å²) in [5.41, 5.74) is 9.76. The van der Waals surface area contributed by atoms with Gasteiger partial charge < -0.3 is 16.2 Å². The molecule has 112 valence electrons. The highest BCUT2D eigenvalue weighted by molar-refractivity contribution is 5.75. The first-order valence-corrected chi connectivity index (χ1v) is 6.76. The highest BCUT2D eigenvalue weighted by Crippen LogP contribution is 2.14. The van der Waals surface area contributed by atoms with Crippen LogP contribution in [0, 0.1) is 13.8 Å². The fraction of sp³-hybridized carbons (Fsp3) is 0.333. The van der Waals surface area contributed by atoms with Crippen molar-refractivity contribution in [2.75, 3.05) is 5.73 Å². The van der Waals surface area contributed by atoms with Gasteiger partial charge in [-0.2, -0.15) is 5.10 Å². The first-order chi connectivity index (χ1) is 10.0. The summed E-state index contributed by atoms with van der Waals surface area (Å²) in [5.74, 6) is -0.130. The predicted molar refractivity (Wildman–Crippen MR) is 80.3 cm³/mol. The lowest BCUT2D eigenvalue weighted by atomic mass is 10.1. The third kappa shape index (κ3) is 3.61. The lowest BCUT2D eigenvalue weighted by molar-refractivity contribution is -0.122. The van der Waals surface area contributed by atoms with E-state index < -0.39 is 0 Å². The highest BCUT2D eigenvalue weighted by Gasteiger charge is 2.11. The molecule has 6 heteroatoms. The van der Waals surface area contributed by atoms with Crippen LogP contribution in [0.4, 0.5) is 5.69 Å². The molecule has 0 unspecified atom stereocenters. The van der Waals surface area contributed by atoms with Gasteiger partial charge in [-0.25, -0.2) is 0 Å². The third-order valence-electron chi connectivity index (χ3n) is 3.39. The van der Waals surface area contributed by atoms with Crippen LogP contribution in [-0.4, -0.2) is 20.8 Å². The first kappa shape index (κ1) is 15.1. The Morgan fingerprint density at radius 2 is 2.10 bits per heavy atom. The molecule has 6 nitrogen and oxygen atoms in total. The van der Waals surface area contributed by atoms with Crippen LogP contribution in [0.15, 0.2) is 24.3 Å². The Bertz CT molecular complexity index is 649. The summed E-state index contributed by atoms with van der Waals surface area (Å²) in [7, 11) is 0. The number of aromatic nitrogens is 2. The maximum absolute atomic E-state index is 12.0. The van der Waals surface area contributed by atoms with Gasteiger partial charge in [-0.05, 0) is 25.0 Å². The molecule has 0 aliphatic carbocycles. The van der Waals surface area contributed by atoms with Crippen LogP contribution in [0.2, 0.25) is 0 Å². The fourth-order valence-corrected chi connectivity index (χ4v) is 2.10. The van der Waals surface area contributed by atoms with Gasteiger partial charge in [0.15, 0.2) is 0 Å². The van der Waals surface area contributed by atoms with Gasteiger partial charge in [-0.15, -0.1) is 0 Å². The number of carbonyl (C=O) groups excluding carboxylic acids is 1. The van der Waals surface area contributed by atoms with Gasteiger partial charge in [0.25, 0.3) is 0 Å². The number of carbonyl (C=O) groups is 1. The second-order valence-electron chi connectivity index (χ2n) is 5.00. The van der Waals surface area contributed by atoms with Crippen molar-refractivity contribution in [1.29, 1.82) is 0 Å². The average molecular weight is 288 g/mol. The SMILES string of the molecule is Cc1nn(CC(=O)NCc2cccc(CO)c2)c(C)c1N. The third-order valence-corrected chi connectivity index (χ3v) is 3.39. The summed E-state index contributed by atoms with van der Waals surface area (Å²) >= 11 is 0. The van der Waals surface area contributed by atoms with E-state index in [4.69, 9.17) is 10.8 Å². The second-order valence-corrected chi connectivity index (χ2v) is 5.00. The number of anilines is 1. The zero-order chi connectivity index (χ0) is 15.4. The van der Waals surface area contributed by atoms with Gasteiger partial charge in [0.2, 0.25) is 5.91 Å². The monoisotopic (exact) mass is 288 g/mol. The molecule has 0 radical (unpaired) electrons. The van der Waals surface area contributed by atoms with Gasteiger partial charge >= 0.3 is 0 Å². The van der Waals surface area contributed by atoms with Crippen LogP contribution in [0.25, 0.3) is 0 Å². The van der Waals surface area contributed by atoms with E-state index in [2.05, 4.69) is 10.4 Å². The smallest absolute Gasteiger partial charge is 0.242 e. The average Bonchev–Trinajstić information content (AvgIpc) is 2.72. The van der Waals surface area contributed by atoms with Crippen molar-refractivity contribution in [3.05, 3.63) is 46.8 Å². The predicted octanol–water partition coefficient (Wildman–Crippen LogP) is 0.891. The molecule has 1 aromatic heterocycles.